The van der Waals surface area contributed by atoms with Gasteiger partial charge in [0.1, 0.15) is 11.6 Å². The molecule has 3 rings (SSSR count). The van der Waals surface area contributed by atoms with Gasteiger partial charge >= 0.3 is 0 Å². The Morgan fingerprint density at radius 1 is 1.40 bits per heavy atom. The maximum absolute atomic E-state index is 11.6. The molecule has 0 saturated carbocycles. The summed E-state index contributed by atoms with van der Waals surface area (Å²) in [6, 6.07) is 2.90. The molecule has 8 heteroatoms. The van der Waals surface area contributed by atoms with Crippen molar-refractivity contribution < 1.29 is 4.21 Å². The van der Waals surface area contributed by atoms with Crippen LogP contribution in [0.2, 0.25) is 5.15 Å². The lowest BCUT2D eigenvalue weighted by atomic mass is 10.2. The number of anilines is 1. The van der Waals surface area contributed by atoms with E-state index in [-0.39, 0.29) is 15.9 Å². The van der Waals surface area contributed by atoms with Crippen LogP contribution in [0.4, 0.5) is 5.82 Å². The van der Waals surface area contributed by atoms with E-state index in [1.54, 1.807) is 0 Å². The highest BCUT2D eigenvalue weighted by Gasteiger charge is 2.34. The number of piperazine rings is 1. The average Bonchev–Trinajstić information content (AvgIpc) is 2.76. The molecule has 6 nitrogen and oxygen atoms in total. The van der Waals surface area contributed by atoms with Crippen molar-refractivity contribution in [1.82, 2.24) is 15.3 Å². The minimum atomic E-state index is -1.32. The summed E-state index contributed by atoms with van der Waals surface area (Å²) in [4.78, 5) is 10.3. The second kappa shape index (κ2) is 5.28. The Morgan fingerprint density at radius 3 is 2.60 bits per heavy atom. The van der Waals surface area contributed by atoms with Crippen molar-refractivity contribution in [3.05, 3.63) is 10.7 Å². The SMILES string of the molecule is CS(=O)c1nc(Cl)c(C#N)c(N2CC3CCC(C2)N3)n1. The van der Waals surface area contributed by atoms with Crippen LogP contribution in [-0.4, -0.2) is 45.6 Å². The number of rotatable bonds is 2. The maximum Gasteiger partial charge on any atom is 0.221 e. The Morgan fingerprint density at radius 2 is 2.05 bits per heavy atom. The fraction of sp³-hybridized carbons (Fsp3) is 0.583. The van der Waals surface area contributed by atoms with Crippen molar-refractivity contribution in [3.63, 3.8) is 0 Å². The molecule has 2 aliphatic rings. The Hall–Kier alpha value is -1.23. The lowest BCUT2D eigenvalue weighted by Gasteiger charge is -2.34. The number of halogens is 1. The highest BCUT2D eigenvalue weighted by molar-refractivity contribution is 7.84. The van der Waals surface area contributed by atoms with E-state index >= 15 is 0 Å². The normalized spacial score (nSPS) is 26.4. The molecule has 0 aliphatic carbocycles. The van der Waals surface area contributed by atoms with Crippen LogP contribution in [0.3, 0.4) is 0 Å². The van der Waals surface area contributed by atoms with Gasteiger partial charge in [0, 0.05) is 31.4 Å². The van der Waals surface area contributed by atoms with Gasteiger partial charge in [-0.05, 0) is 12.8 Å². The molecule has 0 amide bonds. The van der Waals surface area contributed by atoms with Gasteiger partial charge < -0.3 is 10.2 Å². The Kier molecular flexibility index (Phi) is 3.63. The van der Waals surface area contributed by atoms with Crippen LogP contribution in [-0.2, 0) is 10.8 Å². The van der Waals surface area contributed by atoms with E-state index in [9.17, 15) is 9.47 Å². The van der Waals surface area contributed by atoms with Crippen LogP contribution < -0.4 is 10.2 Å². The molecule has 3 unspecified atom stereocenters. The summed E-state index contributed by atoms with van der Waals surface area (Å²) in [6.45, 7) is 1.57. The summed E-state index contributed by atoms with van der Waals surface area (Å²) in [5.41, 5.74) is 0.266. The van der Waals surface area contributed by atoms with Crippen LogP contribution in [0.15, 0.2) is 5.16 Å². The molecule has 2 fully saturated rings. The molecule has 3 atom stereocenters. The summed E-state index contributed by atoms with van der Waals surface area (Å²) in [5, 5.41) is 13.0. The minimum Gasteiger partial charge on any atom is -0.352 e. The first-order chi connectivity index (χ1) is 9.58. The molecule has 20 heavy (non-hydrogen) atoms. The highest BCUT2D eigenvalue weighted by atomic mass is 35.5. The van der Waals surface area contributed by atoms with Crippen molar-refractivity contribution in [2.45, 2.75) is 30.1 Å². The molecule has 1 N–H and O–H groups in total. The van der Waals surface area contributed by atoms with Gasteiger partial charge in [-0.25, -0.2) is 9.97 Å². The zero-order valence-corrected chi connectivity index (χ0v) is 12.5. The Bertz CT molecular complexity index is 605. The highest BCUT2D eigenvalue weighted by Crippen LogP contribution is 2.29. The maximum atomic E-state index is 11.6. The molecule has 1 aromatic rings. The van der Waals surface area contributed by atoms with E-state index in [2.05, 4.69) is 26.3 Å². The number of fused-ring (bicyclic) bond motifs is 2. The molecule has 3 heterocycles. The predicted molar refractivity (Wildman–Crippen MR) is 76.2 cm³/mol. The fourth-order valence-corrected chi connectivity index (χ4v) is 3.52. The summed E-state index contributed by atoms with van der Waals surface area (Å²) in [7, 11) is -1.32. The third-order valence-electron chi connectivity index (χ3n) is 3.71. The van der Waals surface area contributed by atoms with Gasteiger partial charge in [-0.3, -0.25) is 4.21 Å². The zero-order chi connectivity index (χ0) is 14.3. The third kappa shape index (κ3) is 2.39. The Labute approximate surface area is 124 Å². The molecular weight excluding hydrogens is 298 g/mol. The zero-order valence-electron chi connectivity index (χ0n) is 11.0. The van der Waals surface area contributed by atoms with Crippen LogP contribution >= 0.6 is 11.6 Å². The summed E-state index contributed by atoms with van der Waals surface area (Å²) in [6.07, 6.45) is 3.77. The largest absolute Gasteiger partial charge is 0.352 e. The van der Waals surface area contributed by atoms with Crippen molar-refractivity contribution in [3.8, 4) is 6.07 Å². The molecular formula is C12H14ClN5OS. The molecule has 2 aliphatic heterocycles. The number of hydrogen-bond donors (Lipinski definition) is 1. The van der Waals surface area contributed by atoms with Gasteiger partial charge in [0.2, 0.25) is 5.16 Å². The standard InChI is InChI=1S/C12H14ClN5OS/c1-20(19)12-16-10(13)9(4-14)11(17-12)18-5-7-2-3-8(6-18)15-7/h7-8,15H,2-3,5-6H2,1H3. The van der Waals surface area contributed by atoms with Crippen molar-refractivity contribution >= 4 is 28.2 Å². The van der Waals surface area contributed by atoms with Crippen LogP contribution in [0.25, 0.3) is 0 Å². The minimum absolute atomic E-state index is 0.0774. The molecule has 1 aromatic heterocycles. The van der Waals surface area contributed by atoms with E-state index in [1.165, 1.54) is 6.26 Å². The number of nitriles is 1. The molecule has 106 valence electrons. The fourth-order valence-electron chi connectivity index (χ4n) is 2.83. The van der Waals surface area contributed by atoms with Crippen LogP contribution in [0.1, 0.15) is 18.4 Å². The van der Waals surface area contributed by atoms with Crippen molar-refractivity contribution in [2.75, 3.05) is 24.2 Å². The number of hydrogen-bond acceptors (Lipinski definition) is 6. The smallest absolute Gasteiger partial charge is 0.221 e. The summed E-state index contributed by atoms with van der Waals surface area (Å²) >= 11 is 6.04. The lowest BCUT2D eigenvalue weighted by molar-refractivity contribution is 0.462. The quantitative estimate of drug-likeness (QED) is 0.639. The van der Waals surface area contributed by atoms with Crippen molar-refractivity contribution in [1.29, 1.82) is 5.26 Å². The number of aromatic nitrogens is 2. The van der Waals surface area contributed by atoms with E-state index in [0.29, 0.717) is 17.9 Å². The van der Waals surface area contributed by atoms with Gasteiger partial charge in [-0.2, -0.15) is 5.26 Å². The van der Waals surface area contributed by atoms with E-state index in [0.717, 1.165) is 25.9 Å². The molecule has 0 radical (unpaired) electrons. The third-order valence-corrected chi connectivity index (χ3v) is 4.68. The summed E-state index contributed by atoms with van der Waals surface area (Å²) in [5.74, 6) is 0.510. The van der Waals surface area contributed by atoms with E-state index < -0.39 is 10.8 Å². The molecule has 0 spiro atoms. The predicted octanol–water partition coefficient (Wildman–Crippen LogP) is 0.680. The first-order valence-electron chi connectivity index (χ1n) is 6.40. The van der Waals surface area contributed by atoms with Gasteiger partial charge in [0.25, 0.3) is 0 Å². The van der Waals surface area contributed by atoms with Gasteiger partial charge in [0.15, 0.2) is 11.0 Å². The van der Waals surface area contributed by atoms with Gasteiger partial charge in [0.05, 0.1) is 10.8 Å². The van der Waals surface area contributed by atoms with Gasteiger partial charge in [-0.1, -0.05) is 11.6 Å². The molecule has 2 bridgehead atoms. The van der Waals surface area contributed by atoms with Crippen molar-refractivity contribution in [2.24, 2.45) is 0 Å². The molecule has 2 saturated heterocycles. The molecule has 0 aromatic carbocycles. The second-order valence-corrected chi connectivity index (χ2v) is 6.74. The first kappa shape index (κ1) is 13.7. The van der Waals surface area contributed by atoms with E-state index in [1.807, 2.05) is 0 Å². The van der Waals surface area contributed by atoms with Crippen LogP contribution in [0.5, 0.6) is 0 Å². The topological polar surface area (TPSA) is 81.9 Å². The number of nitrogens with zero attached hydrogens (tertiary/aromatic N) is 4. The van der Waals surface area contributed by atoms with Crippen LogP contribution in [0, 0.1) is 11.3 Å². The first-order valence-corrected chi connectivity index (χ1v) is 8.34. The average molecular weight is 312 g/mol. The lowest BCUT2D eigenvalue weighted by Crippen LogP contribution is -2.51. The summed E-state index contributed by atoms with van der Waals surface area (Å²) < 4.78 is 11.6. The Balaban J connectivity index is 2.03. The monoisotopic (exact) mass is 311 g/mol. The van der Waals surface area contributed by atoms with Gasteiger partial charge in [-0.15, -0.1) is 0 Å². The number of nitrogens with one attached hydrogen (secondary N) is 1. The van der Waals surface area contributed by atoms with E-state index in [4.69, 9.17) is 11.6 Å². The second-order valence-electron chi connectivity index (χ2n) is 5.10.